The van der Waals surface area contributed by atoms with Crippen molar-refractivity contribution in [3.05, 3.63) is 53.0 Å². The quantitative estimate of drug-likeness (QED) is 0.676. The highest BCUT2D eigenvalue weighted by Gasteiger charge is 2.49. The fourth-order valence-electron chi connectivity index (χ4n) is 3.35. The van der Waals surface area contributed by atoms with Gasteiger partial charge in [0, 0.05) is 0 Å². The summed E-state index contributed by atoms with van der Waals surface area (Å²) in [5, 5.41) is 9.75. The number of hydrogen-bond acceptors (Lipinski definition) is 7. The lowest BCUT2D eigenvalue weighted by Crippen LogP contribution is -2.54. The van der Waals surface area contributed by atoms with E-state index < -0.39 is 20.1 Å². The number of sulfone groups is 1. The lowest BCUT2D eigenvalue weighted by atomic mass is 10.0. The third-order valence-electron chi connectivity index (χ3n) is 5.41. The van der Waals surface area contributed by atoms with Gasteiger partial charge in [-0.05, 0) is 56.2 Å². The summed E-state index contributed by atoms with van der Waals surface area (Å²) in [6.45, 7) is 4.93. The standard InChI is InChI=1S/C21H20N4O2S2/c1-20(2)18(23)25-21(3,12-29(20,26)27)19-24-16-8-7-15(10-17(16)28-19)14-6-4-5-13(9-14)11-22/h4-10H,12H2,1-3H3,(H2,23,25)/t21-/m0/s1. The van der Waals surface area contributed by atoms with Gasteiger partial charge in [-0.1, -0.05) is 18.2 Å². The summed E-state index contributed by atoms with van der Waals surface area (Å²) < 4.78 is 25.4. The summed E-state index contributed by atoms with van der Waals surface area (Å²) in [4.78, 5) is 9.22. The molecular formula is C21H20N4O2S2. The highest BCUT2D eigenvalue weighted by Crippen LogP contribution is 2.40. The summed E-state index contributed by atoms with van der Waals surface area (Å²) >= 11 is 1.42. The Hall–Kier alpha value is -2.76. The van der Waals surface area contributed by atoms with Gasteiger partial charge in [0.1, 0.15) is 21.1 Å². The van der Waals surface area contributed by atoms with Crippen LogP contribution in [0.4, 0.5) is 0 Å². The smallest absolute Gasteiger partial charge is 0.165 e. The maximum atomic E-state index is 12.8. The molecule has 29 heavy (non-hydrogen) atoms. The molecule has 0 fully saturated rings. The van der Waals surface area contributed by atoms with Gasteiger partial charge in [0.15, 0.2) is 9.84 Å². The minimum Gasteiger partial charge on any atom is -0.386 e. The van der Waals surface area contributed by atoms with Crippen molar-refractivity contribution in [2.75, 3.05) is 5.75 Å². The van der Waals surface area contributed by atoms with Crippen molar-refractivity contribution in [3.8, 4) is 17.2 Å². The van der Waals surface area contributed by atoms with Crippen LogP contribution in [0, 0.1) is 11.3 Å². The van der Waals surface area contributed by atoms with Crippen LogP contribution in [0.2, 0.25) is 0 Å². The maximum absolute atomic E-state index is 12.8. The molecule has 3 aromatic rings. The van der Waals surface area contributed by atoms with Gasteiger partial charge in [-0.25, -0.2) is 13.4 Å². The minimum atomic E-state index is -3.48. The van der Waals surface area contributed by atoms with Crippen molar-refractivity contribution in [2.45, 2.75) is 31.1 Å². The van der Waals surface area contributed by atoms with E-state index in [-0.39, 0.29) is 11.6 Å². The van der Waals surface area contributed by atoms with Gasteiger partial charge in [-0.3, -0.25) is 4.99 Å². The fraction of sp³-hybridized carbons (Fsp3) is 0.286. The zero-order valence-electron chi connectivity index (χ0n) is 16.3. The Morgan fingerprint density at radius 1 is 1.14 bits per heavy atom. The van der Waals surface area contributed by atoms with Crippen LogP contribution in [0.3, 0.4) is 0 Å². The molecule has 1 aromatic heterocycles. The molecule has 2 aromatic carbocycles. The number of fused-ring (bicyclic) bond motifs is 1. The summed E-state index contributed by atoms with van der Waals surface area (Å²) in [6, 6.07) is 15.4. The van der Waals surface area contributed by atoms with E-state index >= 15 is 0 Å². The summed E-state index contributed by atoms with van der Waals surface area (Å²) in [7, 11) is -3.48. The first-order valence-electron chi connectivity index (χ1n) is 9.05. The van der Waals surface area contributed by atoms with Crippen LogP contribution in [0.5, 0.6) is 0 Å². The Morgan fingerprint density at radius 3 is 2.55 bits per heavy atom. The van der Waals surface area contributed by atoms with Crippen molar-refractivity contribution in [3.63, 3.8) is 0 Å². The van der Waals surface area contributed by atoms with E-state index in [1.165, 1.54) is 11.3 Å². The number of amidine groups is 1. The summed E-state index contributed by atoms with van der Waals surface area (Å²) in [5.74, 6) is -0.0237. The number of aromatic nitrogens is 1. The van der Waals surface area contributed by atoms with Gasteiger partial charge >= 0.3 is 0 Å². The molecule has 2 heterocycles. The van der Waals surface area contributed by atoms with Crippen molar-refractivity contribution in [1.29, 1.82) is 5.26 Å². The normalized spacial score (nSPS) is 22.8. The highest BCUT2D eigenvalue weighted by atomic mass is 32.2. The molecule has 8 heteroatoms. The van der Waals surface area contributed by atoms with Gasteiger partial charge in [-0.15, -0.1) is 11.3 Å². The van der Waals surface area contributed by atoms with Crippen LogP contribution in [0.1, 0.15) is 31.3 Å². The molecule has 4 rings (SSSR count). The van der Waals surface area contributed by atoms with E-state index in [9.17, 15) is 8.42 Å². The number of hydrogen-bond donors (Lipinski definition) is 1. The number of nitriles is 1. The van der Waals surface area contributed by atoms with E-state index in [0.29, 0.717) is 10.6 Å². The number of benzene rings is 2. The van der Waals surface area contributed by atoms with Crippen LogP contribution in [-0.2, 0) is 15.4 Å². The van der Waals surface area contributed by atoms with E-state index in [1.54, 1.807) is 26.8 Å². The van der Waals surface area contributed by atoms with Crippen molar-refractivity contribution in [2.24, 2.45) is 10.7 Å². The second-order valence-corrected chi connectivity index (χ2v) is 11.5. The number of nitrogens with two attached hydrogens (primary N) is 1. The molecular weight excluding hydrogens is 404 g/mol. The van der Waals surface area contributed by atoms with Crippen LogP contribution >= 0.6 is 11.3 Å². The molecule has 1 aliphatic heterocycles. The van der Waals surface area contributed by atoms with E-state index in [0.717, 1.165) is 21.3 Å². The topological polar surface area (TPSA) is 109 Å². The zero-order chi connectivity index (χ0) is 21.0. The molecule has 0 unspecified atom stereocenters. The van der Waals surface area contributed by atoms with E-state index in [1.807, 2.05) is 36.4 Å². The molecule has 2 N–H and O–H groups in total. The number of thiazole rings is 1. The SMILES string of the molecule is CC1(C)C(N)=N[C@](C)(c2nc3ccc(-c4cccc(C#N)c4)cc3s2)CS1(=O)=O. The van der Waals surface area contributed by atoms with Gasteiger partial charge in [-0.2, -0.15) is 5.26 Å². The molecule has 0 amide bonds. The number of nitrogens with zero attached hydrogens (tertiary/aromatic N) is 3. The Kier molecular flexibility index (Phi) is 4.30. The Balaban J connectivity index is 1.81. The third kappa shape index (κ3) is 3.11. The molecule has 0 saturated carbocycles. The molecule has 148 valence electrons. The minimum absolute atomic E-state index is 0.111. The number of rotatable bonds is 2. The largest absolute Gasteiger partial charge is 0.386 e. The predicted octanol–water partition coefficient (Wildman–Crippen LogP) is 3.61. The molecule has 0 radical (unpaired) electrons. The lowest BCUT2D eigenvalue weighted by molar-refractivity contribution is 0.500. The Morgan fingerprint density at radius 2 is 1.86 bits per heavy atom. The average Bonchev–Trinajstić information content (AvgIpc) is 3.10. The molecule has 0 spiro atoms. The first-order chi connectivity index (χ1) is 13.6. The van der Waals surface area contributed by atoms with Crippen LogP contribution < -0.4 is 5.73 Å². The lowest BCUT2D eigenvalue weighted by Gasteiger charge is -2.36. The van der Waals surface area contributed by atoms with E-state index in [4.69, 9.17) is 11.0 Å². The molecule has 1 atom stereocenters. The van der Waals surface area contributed by atoms with Crippen molar-refractivity contribution >= 4 is 37.2 Å². The predicted molar refractivity (Wildman–Crippen MR) is 117 cm³/mol. The van der Waals surface area contributed by atoms with E-state index in [2.05, 4.69) is 16.0 Å². The molecule has 0 saturated heterocycles. The Labute approximate surface area is 173 Å². The second-order valence-electron chi connectivity index (χ2n) is 7.93. The maximum Gasteiger partial charge on any atom is 0.165 e. The van der Waals surface area contributed by atoms with Gasteiger partial charge in [0.05, 0.1) is 27.6 Å². The monoisotopic (exact) mass is 424 g/mol. The van der Waals surface area contributed by atoms with Crippen molar-refractivity contribution in [1.82, 2.24) is 4.98 Å². The first-order valence-corrected chi connectivity index (χ1v) is 11.5. The molecule has 6 nitrogen and oxygen atoms in total. The number of aliphatic imine (C=N–C) groups is 1. The van der Waals surface area contributed by atoms with Gasteiger partial charge < -0.3 is 5.73 Å². The zero-order valence-corrected chi connectivity index (χ0v) is 17.9. The van der Waals surface area contributed by atoms with Gasteiger partial charge in [0.25, 0.3) is 0 Å². The summed E-state index contributed by atoms with van der Waals surface area (Å²) in [6.07, 6.45) is 0. The average molecular weight is 425 g/mol. The fourth-order valence-corrected chi connectivity index (χ4v) is 6.21. The van der Waals surface area contributed by atoms with Crippen molar-refractivity contribution < 1.29 is 8.42 Å². The summed E-state index contributed by atoms with van der Waals surface area (Å²) in [5.41, 5.74) is 8.32. The van der Waals surface area contributed by atoms with Crippen LogP contribution in [0.15, 0.2) is 47.5 Å². The molecule has 0 bridgehead atoms. The van der Waals surface area contributed by atoms with Crippen LogP contribution in [0.25, 0.3) is 21.3 Å². The van der Waals surface area contributed by atoms with Gasteiger partial charge in [0.2, 0.25) is 0 Å². The third-order valence-corrected chi connectivity index (χ3v) is 9.38. The molecule has 0 aliphatic carbocycles. The first kappa shape index (κ1) is 19.6. The second kappa shape index (κ2) is 6.37. The molecule has 1 aliphatic rings. The highest BCUT2D eigenvalue weighted by molar-refractivity contribution is 7.93. The van der Waals surface area contributed by atoms with Crippen LogP contribution in [-0.4, -0.2) is 29.7 Å². The Bertz CT molecular complexity index is 1320.